The zero-order chi connectivity index (χ0) is 40.3. The van der Waals surface area contributed by atoms with Crippen molar-refractivity contribution in [2.24, 2.45) is 45.3 Å². The molecule has 0 radical (unpaired) electrons. The highest BCUT2D eigenvalue weighted by Crippen LogP contribution is 2.75. The number of Topliss-reactive ketones (excluding diaryl/α,β-unsaturated/α-hetero) is 2. The first-order chi connectivity index (χ1) is 26.3. The number of nitrogens with one attached hydrogen (secondary N) is 1. The molecule has 0 aromatic heterocycles. The zero-order valence-corrected chi connectivity index (χ0v) is 35.0. The molecule has 5 aliphatic carbocycles. The van der Waals surface area contributed by atoms with Crippen molar-refractivity contribution in [1.82, 2.24) is 5.32 Å². The van der Waals surface area contributed by atoms with E-state index in [1.807, 2.05) is 33.0 Å². The summed E-state index contributed by atoms with van der Waals surface area (Å²) >= 11 is 0. The van der Waals surface area contributed by atoms with Crippen LogP contribution in [0.1, 0.15) is 135 Å². The molecule has 13 unspecified atom stereocenters. The fraction of sp³-hybridized carbons (Fsp3) is 0.667. The molecule has 6 N–H and O–H groups in total. The summed E-state index contributed by atoms with van der Waals surface area (Å²) in [5.74, 6) is 0.538. The second-order valence-electron chi connectivity index (χ2n) is 20.6. The number of carbonyl (C=O) groups is 2. The number of nitrogen functional groups attached to an aromatic ring is 1. The molecule has 1 aliphatic heterocycles. The van der Waals surface area contributed by atoms with Gasteiger partial charge in [0.2, 0.25) is 0 Å². The van der Waals surface area contributed by atoms with Crippen molar-refractivity contribution in [2.45, 2.75) is 149 Å². The zero-order valence-electron chi connectivity index (χ0n) is 35.0. The van der Waals surface area contributed by atoms with Crippen LogP contribution in [0.15, 0.2) is 53.6 Å². The third-order valence-electron chi connectivity index (χ3n) is 17.1. The fourth-order valence-electron chi connectivity index (χ4n) is 14.8. The molecule has 304 valence electrons. The number of phenols is 1. The van der Waals surface area contributed by atoms with Gasteiger partial charge >= 0.3 is 0 Å². The second kappa shape index (κ2) is 13.5. The Morgan fingerprint density at radius 2 is 1.73 bits per heavy atom. The Labute approximate surface area is 334 Å². The summed E-state index contributed by atoms with van der Waals surface area (Å²) in [5.41, 5.74) is 9.68. The molecule has 6 aliphatic rings. The standard InChI is InChI=1S/C48H66N2O6/c1-26(17-36(52)43-48(7,56-43)34-14-10-13-32(34)28-11-9-12-30(49)20-28)40-35-15-16-39-45(4)22-33(29-18-27(25-50-8)19-31(51)21-29)42(55)44(2,3)41(45)38(54)24-47(39,6)46(35,5)23-37(40)53/h9,11-12,18-21,26,32-34,36,38-39,41,43,50-52,54H,10,13-17,22-25,49H2,1-8H3. The molecular formula is C48H66N2O6. The number of allylic oxidation sites excluding steroid dienone is 2. The molecule has 13 atom stereocenters. The van der Waals surface area contributed by atoms with Gasteiger partial charge in [0.1, 0.15) is 17.6 Å². The van der Waals surface area contributed by atoms with Gasteiger partial charge in [-0.05, 0) is 140 Å². The van der Waals surface area contributed by atoms with Crippen LogP contribution in [0.2, 0.25) is 0 Å². The summed E-state index contributed by atoms with van der Waals surface area (Å²) in [6, 6.07) is 13.8. The van der Waals surface area contributed by atoms with Gasteiger partial charge in [-0.1, -0.05) is 71.7 Å². The normalized spacial score (nSPS) is 41.2. The summed E-state index contributed by atoms with van der Waals surface area (Å²) in [6.45, 7) is 15.8. The summed E-state index contributed by atoms with van der Waals surface area (Å²) in [5, 5.41) is 38.0. The van der Waals surface area contributed by atoms with Crippen molar-refractivity contribution in [1.29, 1.82) is 0 Å². The van der Waals surface area contributed by atoms with Gasteiger partial charge in [0.25, 0.3) is 0 Å². The largest absolute Gasteiger partial charge is 0.508 e. The van der Waals surface area contributed by atoms with Crippen molar-refractivity contribution in [3.05, 3.63) is 70.3 Å². The number of carbonyl (C=O) groups excluding carboxylic acids is 2. The van der Waals surface area contributed by atoms with Crippen molar-refractivity contribution in [3.63, 3.8) is 0 Å². The quantitative estimate of drug-likeness (QED) is 0.128. The first-order valence-corrected chi connectivity index (χ1v) is 21.5. The molecule has 2 aromatic carbocycles. The van der Waals surface area contributed by atoms with E-state index < -0.39 is 34.6 Å². The minimum absolute atomic E-state index is 0.124. The van der Waals surface area contributed by atoms with Crippen LogP contribution in [0.5, 0.6) is 5.75 Å². The number of aliphatic hydroxyl groups is 2. The van der Waals surface area contributed by atoms with Crippen LogP contribution in [-0.2, 0) is 20.9 Å². The lowest BCUT2D eigenvalue weighted by Crippen LogP contribution is -2.67. The van der Waals surface area contributed by atoms with Gasteiger partial charge in [-0.25, -0.2) is 0 Å². The average molecular weight is 767 g/mol. The Kier molecular flexibility index (Phi) is 9.59. The fourth-order valence-corrected chi connectivity index (χ4v) is 14.8. The van der Waals surface area contributed by atoms with Gasteiger partial charge in [-0.2, -0.15) is 0 Å². The number of rotatable bonds is 9. The van der Waals surface area contributed by atoms with E-state index in [9.17, 15) is 24.9 Å². The second-order valence-corrected chi connectivity index (χ2v) is 20.6. The van der Waals surface area contributed by atoms with Crippen LogP contribution < -0.4 is 11.1 Å². The summed E-state index contributed by atoms with van der Waals surface area (Å²) in [6.07, 6.45) is 5.32. The molecule has 4 saturated carbocycles. The number of phenolic OH excluding ortho intramolecular Hbond substituents is 1. The molecule has 8 nitrogen and oxygen atoms in total. The Morgan fingerprint density at radius 3 is 2.45 bits per heavy atom. The van der Waals surface area contributed by atoms with E-state index >= 15 is 0 Å². The number of fused-ring (bicyclic) bond motifs is 5. The Balaban J connectivity index is 1.06. The highest BCUT2D eigenvalue weighted by Gasteiger charge is 2.71. The topological polar surface area (TPSA) is 145 Å². The van der Waals surface area contributed by atoms with Gasteiger partial charge in [0.05, 0.1) is 17.8 Å². The van der Waals surface area contributed by atoms with E-state index in [0.717, 1.165) is 54.5 Å². The molecule has 2 aromatic rings. The molecule has 56 heavy (non-hydrogen) atoms. The van der Waals surface area contributed by atoms with Gasteiger partial charge in [-0.15, -0.1) is 0 Å². The lowest BCUT2D eigenvalue weighted by Gasteiger charge is -2.69. The molecule has 0 spiro atoms. The minimum atomic E-state index is -0.780. The number of hydrogen-bond donors (Lipinski definition) is 5. The Morgan fingerprint density at radius 1 is 0.982 bits per heavy atom. The van der Waals surface area contributed by atoms with Crippen molar-refractivity contribution < 1.29 is 29.6 Å². The molecule has 5 fully saturated rings. The number of ether oxygens (including phenoxy) is 1. The van der Waals surface area contributed by atoms with Crippen LogP contribution in [0, 0.1) is 45.3 Å². The first kappa shape index (κ1) is 39.8. The first-order valence-electron chi connectivity index (χ1n) is 21.5. The van der Waals surface area contributed by atoms with E-state index in [1.54, 1.807) is 12.1 Å². The van der Waals surface area contributed by atoms with E-state index in [0.29, 0.717) is 44.1 Å². The lowest BCUT2D eigenvalue weighted by molar-refractivity contribution is -0.219. The number of epoxide rings is 1. The van der Waals surface area contributed by atoms with E-state index in [1.165, 1.54) is 11.1 Å². The summed E-state index contributed by atoms with van der Waals surface area (Å²) in [7, 11) is 1.87. The predicted molar refractivity (Wildman–Crippen MR) is 219 cm³/mol. The molecule has 1 saturated heterocycles. The number of aromatic hydroxyl groups is 1. The van der Waals surface area contributed by atoms with Crippen LogP contribution in [0.3, 0.4) is 0 Å². The molecule has 1 heterocycles. The molecule has 0 bridgehead atoms. The number of hydrogen-bond acceptors (Lipinski definition) is 8. The SMILES string of the molecule is CNCc1cc(O)cc(C2CC3(C)C(C(O)CC4(C)C3CCC3=C(C(C)CC(O)C5OC5(C)C5CCCC5c5cccc(N)c5)C(=O)CC34C)C(C)(C)C2=O)c1. The van der Waals surface area contributed by atoms with Crippen molar-refractivity contribution >= 4 is 17.3 Å². The molecule has 8 heteroatoms. The highest BCUT2D eigenvalue weighted by atomic mass is 16.6. The number of aliphatic hydroxyl groups excluding tert-OH is 2. The summed E-state index contributed by atoms with van der Waals surface area (Å²) < 4.78 is 6.45. The number of ketones is 2. The Bertz CT molecular complexity index is 1960. The van der Waals surface area contributed by atoms with Gasteiger partial charge in [-0.3, -0.25) is 9.59 Å². The van der Waals surface area contributed by atoms with Crippen LogP contribution in [0.4, 0.5) is 5.69 Å². The maximum Gasteiger partial charge on any atom is 0.159 e. The monoisotopic (exact) mass is 766 g/mol. The number of benzene rings is 2. The predicted octanol–water partition coefficient (Wildman–Crippen LogP) is 7.98. The van der Waals surface area contributed by atoms with E-state index in [4.69, 9.17) is 10.5 Å². The summed E-state index contributed by atoms with van der Waals surface area (Å²) in [4.78, 5) is 28.8. The highest BCUT2D eigenvalue weighted by molar-refractivity contribution is 6.00. The number of anilines is 1. The molecule has 0 amide bonds. The minimum Gasteiger partial charge on any atom is -0.508 e. The smallest absolute Gasteiger partial charge is 0.159 e. The van der Waals surface area contributed by atoms with Gasteiger partial charge < -0.3 is 31.1 Å². The third kappa shape index (κ3) is 5.81. The van der Waals surface area contributed by atoms with E-state index in [-0.39, 0.29) is 52.0 Å². The van der Waals surface area contributed by atoms with Crippen LogP contribution >= 0.6 is 0 Å². The molecular weight excluding hydrogens is 701 g/mol. The van der Waals surface area contributed by atoms with E-state index in [2.05, 4.69) is 58.1 Å². The average Bonchev–Trinajstić information content (AvgIpc) is 3.42. The number of nitrogens with two attached hydrogens (primary N) is 1. The van der Waals surface area contributed by atoms with Crippen molar-refractivity contribution in [2.75, 3.05) is 12.8 Å². The van der Waals surface area contributed by atoms with Crippen molar-refractivity contribution in [3.8, 4) is 5.75 Å². The maximum atomic E-state index is 14.5. The van der Waals surface area contributed by atoms with Crippen LogP contribution in [0.25, 0.3) is 0 Å². The van der Waals surface area contributed by atoms with Gasteiger partial charge in [0, 0.05) is 41.3 Å². The Hall–Kier alpha value is -3.04. The maximum absolute atomic E-state index is 14.5. The van der Waals surface area contributed by atoms with Gasteiger partial charge in [0.15, 0.2) is 5.78 Å². The third-order valence-corrected chi connectivity index (χ3v) is 17.1. The molecule has 8 rings (SSSR count). The lowest BCUT2D eigenvalue weighted by atomic mass is 9.35. The van der Waals surface area contributed by atoms with Crippen LogP contribution in [-0.4, -0.2) is 57.8 Å².